The van der Waals surface area contributed by atoms with Gasteiger partial charge in [-0.2, -0.15) is 0 Å². The first-order valence-corrected chi connectivity index (χ1v) is 13.8. The topological polar surface area (TPSA) is 52.6 Å². The molecule has 4 heteroatoms. The molecule has 36 heavy (non-hydrogen) atoms. The third kappa shape index (κ3) is 7.94. The van der Waals surface area contributed by atoms with Gasteiger partial charge in [0.05, 0.1) is 18.1 Å². The van der Waals surface area contributed by atoms with Crippen LogP contribution in [0, 0.1) is 6.92 Å². The Labute approximate surface area is 218 Å². The molecule has 0 saturated heterocycles. The summed E-state index contributed by atoms with van der Waals surface area (Å²) in [5, 5.41) is 0. The fourth-order valence-electron chi connectivity index (χ4n) is 4.75. The Morgan fingerprint density at radius 2 is 1.58 bits per heavy atom. The molecule has 0 fully saturated rings. The van der Waals surface area contributed by atoms with E-state index in [1.165, 1.54) is 5.56 Å². The highest BCUT2D eigenvalue weighted by atomic mass is 16.5. The van der Waals surface area contributed by atoms with Gasteiger partial charge in [-0.05, 0) is 73.8 Å². The van der Waals surface area contributed by atoms with E-state index in [-0.39, 0.29) is 11.4 Å². The molecule has 0 aliphatic heterocycles. The van der Waals surface area contributed by atoms with Crippen molar-refractivity contribution in [1.29, 1.82) is 0 Å². The van der Waals surface area contributed by atoms with Gasteiger partial charge in [0.25, 0.3) is 0 Å². The monoisotopic (exact) mass is 494 g/mol. The number of esters is 2. The summed E-state index contributed by atoms with van der Waals surface area (Å²) < 4.78 is 11.5. The summed E-state index contributed by atoms with van der Waals surface area (Å²) in [4.78, 5) is 26.3. The second kappa shape index (κ2) is 14.2. The van der Waals surface area contributed by atoms with E-state index >= 15 is 0 Å². The van der Waals surface area contributed by atoms with Crippen LogP contribution in [-0.4, -0.2) is 18.5 Å². The molecule has 0 saturated carbocycles. The normalized spacial score (nSPS) is 12.3. The van der Waals surface area contributed by atoms with Crippen molar-refractivity contribution in [1.82, 2.24) is 0 Å². The standard InChI is InChI=1S/C32H46O4/c1-8-12-14-24-16-18-25(19-17-24)30(33)36-29-23(5)21-26(32(6,7)20-10-3)22-28(29)27(15-13-9-2)31(34)35-11-4/h16-19,21-22,27H,8-15,20H2,1-7H3. The van der Waals surface area contributed by atoms with Crippen molar-refractivity contribution in [2.75, 3.05) is 6.61 Å². The smallest absolute Gasteiger partial charge is 0.343 e. The van der Waals surface area contributed by atoms with E-state index < -0.39 is 11.9 Å². The number of ether oxygens (including phenoxy) is 2. The number of unbranched alkanes of at least 4 members (excludes halogenated alkanes) is 2. The Bertz CT molecular complexity index is 988. The van der Waals surface area contributed by atoms with Gasteiger partial charge in [0.2, 0.25) is 0 Å². The summed E-state index contributed by atoms with van der Waals surface area (Å²) >= 11 is 0. The average molecular weight is 495 g/mol. The SMILES string of the molecule is CCCCc1ccc(C(=O)Oc2c(C)cc(C(C)(C)CCC)cc2C(CCCC)C(=O)OCC)cc1. The molecule has 0 radical (unpaired) electrons. The molecule has 0 aliphatic carbocycles. The van der Waals surface area contributed by atoms with Crippen LogP contribution >= 0.6 is 0 Å². The van der Waals surface area contributed by atoms with Gasteiger partial charge in [-0.25, -0.2) is 4.79 Å². The first-order chi connectivity index (χ1) is 17.2. The van der Waals surface area contributed by atoms with E-state index in [1.807, 2.05) is 38.1 Å². The Morgan fingerprint density at radius 1 is 0.917 bits per heavy atom. The molecule has 0 N–H and O–H groups in total. The van der Waals surface area contributed by atoms with Crippen LogP contribution in [0.4, 0.5) is 0 Å². The quantitative estimate of drug-likeness (QED) is 0.195. The molecule has 1 atom stereocenters. The number of rotatable bonds is 14. The highest BCUT2D eigenvalue weighted by molar-refractivity contribution is 5.92. The van der Waals surface area contributed by atoms with Gasteiger partial charge in [0, 0.05) is 5.56 Å². The summed E-state index contributed by atoms with van der Waals surface area (Å²) in [5.74, 6) is -0.645. The second-order valence-electron chi connectivity index (χ2n) is 10.5. The maximum absolute atomic E-state index is 13.2. The van der Waals surface area contributed by atoms with Gasteiger partial charge in [0.1, 0.15) is 5.75 Å². The van der Waals surface area contributed by atoms with Crippen LogP contribution in [0.5, 0.6) is 5.75 Å². The van der Waals surface area contributed by atoms with Crippen molar-refractivity contribution < 1.29 is 19.1 Å². The molecule has 0 amide bonds. The fraction of sp³-hybridized carbons (Fsp3) is 0.562. The average Bonchev–Trinajstić information content (AvgIpc) is 2.84. The zero-order chi connectivity index (χ0) is 26.7. The number of aryl methyl sites for hydroxylation is 2. The van der Waals surface area contributed by atoms with Crippen LogP contribution in [-0.2, 0) is 21.4 Å². The van der Waals surface area contributed by atoms with Gasteiger partial charge in [-0.3, -0.25) is 4.79 Å². The minimum Gasteiger partial charge on any atom is -0.466 e. The molecule has 0 bridgehead atoms. The van der Waals surface area contributed by atoms with Crippen LogP contribution < -0.4 is 4.74 Å². The van der Waals surface area contributed by atoms with E-state index in [0.29, 0.717) is 24.3 Å². The summed E-state index contributed by atoms with van der Waals surface area (Å²) in [6, 6.07) is 11.9. The number of benzene rings is 2. The van der Waals surface area contributed by atoms with Crippen molar-refractivity contribution in [2.45, 2.75) is 111 Å². The summed E-state index contributed by atoms with van der Waals surface area (Å²) in [6.45, 7) is 15.0. The van der Waals surface area contributed by atoms with Gasteiger partial charge >= 0.3 is 11.9 Å². The molecule has 2 rings (SSSR count). The molecule has 1 unspecified atom stereocenters. The van der Waals surface area contributed by atoms with Crippen molar-refractivity contribution in [3.05, 3.63) is 64.2 Å². The minimum atomic E-state index is -0.472. The molecule has 2 aromatic rings. The molecule has 198 valence electrons. The lowest BCUT2D eigenvalue weighted by molar-refractivity contribution is -0.145. The highest BCUT2D eigenvalue weighted by Crippen LogP contribution is 2.40. The number of hydrogen-bond acceptors (Lipinski definition) is 4. The van der Waals surface area contributed by atoms with Crippen LogP contribution in [0.3, 0.4) is 0 Å². The molecule has 0 heterocycles. The number of carbonyl (C=O) groups excluding carboxylic acids is 2. The van der Waals surface area contributed by atoms with Crippen molar-refractivity contribution in [3.8, 4) is 5.75 Å². The van der Waals surface area contributed by atoms with Gasteiger partial charge < -0.3 is 9.47 Å². The molecule has 4 nitrogen and oxygen atoms in total. The van der Waals surface area contributed by atoms with E-state index in [9.17, 15) is 9.59 Å². The first-order valence-electron chi connectivity index (χ1n) is 13.8. The van der Waals surface area contributed by atoms with Crippen LogP contribution in [0.2, 0.25) is 0 Å². The van der Waals surface area contributed by atoms with Crippen molar-refractivity contribution in [2.24, 2.45) is 0 Å². The third-order valence-corrected chi connectivity index (χ3v) is 6.96. The third-order valence-electron chi connectivity index (χ3n) is 6.96. The van der Waals surface area contributed by atoms with Gasteiger partial charge in [0.15, 0.2) is 0 Å². The molecule has 2 aromatic carbocycles. The maximum atomic E-state index is 13.2. The molecule has 0 aromatic heterocycles. The van der Waals surface area contributed by atoms with E-state index in [4.69, 9.17) is 9.47 Å². The first kappa shape index (κ1) is 29.6. The fourth-order valence-corrected chi connectivity index (χ4v) is 4.75. The zero-order valence-corrected chi connectivity index (χ0v) is 23.5. The number of hydrogen-bond donors (Lipinski definition) is 0. The van der Waals surface area contributed by atoms with E-state index in [2.05, 4.69) is 46.8 Å². The van der Waals surface area contributed by atoms with Crippen molar-refractivity contribution >= 4 is 11.9 Å². The summed E-state index contributed by atoms with van der Waals surface area (Å²) in [6.07, 6.45) is 7.85. The van der Waals surface area contributed by atoms with Crippen LogP contribution in [0.25, 0.3) is 0 Å². The molecule has 0 spiro atoms. The molecular weight excluding hydrogens is 448 g/mol. The van der Waals surface area contributed by atoms with E-state index in [1.54, 1.807) is 0 Å². The Hall–Kier alpha value is -2.62. The van der Waals surface area contributed by atoms with Gasteiger partial charge in [-0.15, -0.1) is 0 Å². The van der Waals surface area contributed by atoms with Crippen LogP contribution in [0.15, 0.2) is 36.4 Å². The molecule has 0 aliphatic rings. The minimum absolute atomic E-state index is 0.0604. The lowest BCUT2D eigenvalue weighted by atomic mass is 9.78. The van der Waals surface area contributed by atoms with Crippen molar-refractivity contribution in [3.63, 3.8) is 0 Å². The largest absolute Gasteiger partial charge is 0.466 e. The van der Waals surface area contributed by atoms with Gasteiger partial charge in [-0.1, -0.05) is 84.6 Å². The second-order valence-corrected chi connectivity index (χ2v) is 10.5. The van der Waals surface area contributed by atoms with Crippen LogP contribution in [0.1, 0.15) is 125 Å². The predicted molar refractivity (Wildman–Crippen MR) is 148 cm³/mol. The molecular formula is C32H46O4. The Kier molecular flexibility index (Phi) is 11.7. The summed E-state index contributed by atoms with van der Waals surface area (Å²) in [7, 11) is 0. The lowest BCUT2D eigenvalue weighted by Gasteiger charge is -2.28. The van der Waals surface area contributed by atoms with E-state index in [0.717, 1.165) is 61.6 Å². The Balaban J connectivity index is 2.53. The predicted octanol–water partition coefficient (Wildman–Crippen LogP) is 8.47. The summed E-state index contributed by atoms with van der Waals surface area (Å²) in [5.41, 5.74) is 4.45. The lowest BCUT2D eigenvalue weighted by Crippen LogP contribution is -2.22. The number of carbonyl (C=O) groups is 2. The Morgan fingerprint density at radius 3 is 2.17 bits per heavy atom. The highest BCUT2D eigenvalue weighted by Gasteiger charge is 2.30. The maximum Gasteiger partial charge on any atom is 0.343 e. The zero-order valence-electron chi connectivity index (χ0n) is 23.5.